The third-order valence-electron chi connectivity index (χ3n) is 8.91. The zero-order valence-electron chi connectivity index (χ0n) is 29.0. The van der Waals surface area contributed by atoms with Crippen molar-refractivity contribution in [2.45, 2.75) is 90.3 Å². The van der Waals surface area contributed by atoms with Crippen molar-refractivity contribution in [3.63, 3.8) is 0 Å². The first kappa shape index (κ1) is 39.0. The number of anilines is 1. The first-order valence-corrected chi connectivity index (χ1v) is 17.4. The number of carbonyl (C=O) groups is 5. The van der Waals surface area contributed by atoms with Crippen LogP contribution in [0.5, 0.6) is 0 Å². The Balaban J connectivity index is 1.76. The monoisotopic (exact) mass is 678 g/mol. The summed E-state index contributed by atoms with van der Waals surface area (Å²) in [7, 11) is 0. The largest absolute Gasteiger partial charge is 0.481 e. The van der Waals surface area contributed by atoms with E-state index in [0.717, 1.165) is 11.1 Å². The molecule has 268 valence electrons. The van der Waals surface area contributed by atoms with Gasteiger partial charge < -0.3 is 37.4 Å². The predicted molar refractivity (Wildman–Crippen MR) is 189 cm³/mol. The molecule has 0 saturated carbocycles. The summed E-state index contributed by atoms with van der Waals surface area (Å²) in [5, 5.41) is 18.1. The van der Waals surface area contributed by atoms with Gasteiger partial charge in [-0.05, 0) is 80.7 Å². The maximum atomic E-state index is 13.9. The van der Waals surface area contributed by atoms with E-state index in [4.69, 9.17) is 11.5 Å². The smallest absolute Gasteiger partial charge is 0.306 e. The first-order chi connectivity index (χ1) is 23.4. The van der Waals surface area contributed by atoms with E-state index in [1.54, 1.807) is 17.9 Å². The molecule has 2 aromatic rings. The number of rotatable bonds is 18. The minimum atomic E-state index is -0.963. The molecule has 4 unspecified atom stereocenters. The molecule has 12 heteroatoms. The van der Waals surface area contributed by atoms with Gasteiger partial charge in [0, 0.05) is 31.1 Å². The van der Waals surface area contributed by atoms with E-state index in [1.807, 2.05) is 62.4 Å². The number of nitrogen functional groups attached to an aromatic ring is 1. The van der Waals surface area contributed by atoms with Gasteiger partial charge in [0.15, 0.2) is 0 Å². The lowest BCUT2D eigenvalue weighted by Crippen LogP contribution is -2.58. The molecule has 2 aromatic carbocycles. The van der Waals surface area contributed by atoms with E-state index in [-0.39, 0.29) is 24.2 Å². The minimum absolute atomic E-state index is 0.0259. The topological polar surface area (TPSA) is 197 Å². The Morgan fingerprint density at radius 3 is 2.02 bits per heavy atom. The quantitative estimate of drug-likeness (QED) is 0.102. The van der Waals surface area contributed by atoms with Crippen molar-refractivity contribution < 1.29 is 29.1 Å². The number of benzene rings is 2. The molecule has 1 heterocycles. The molecule has 0 bridgehead atoms. The molecule has 0 spiro atoms. The minimum Gasteiger partial charge on any atom is -0.481 e. The molecule has 12 nitrogen and oxygen atoms in total. The van der Waals surface area contributed by atoms with Gasteiger partial charge in [-0.15, -0.1) is 0 Å². The highest BCUT2D eigenvalue weighted by Gasteiger charge is 2.34. The predicted octanol–water partition coefficient (Wildman–Crippen LogP) is 2.64. The van der Waals surface area contributed by atoms with Gasteiger partial charge in [0.2, 0.25) is 23.6 Å². The number of amides is 4. The van der Waals surface area contributed by atoms with E-state index in [9.17, 15) is 29.1 Å². The molecule has 49 heavy (non-hydrogen) atoms. The van der Waals surface area contributed by atoms with Crippen LogP contribution in [-0.2, 0) is 36.8 Å². The maximum absolute atomic E-state index is 13.9. The van der Waals surface area contributed by atoms with Crippen molar-refractivity contribution in [3.05, 3.63) is 65.7 Å². The Morgan fingerprint density at radius 2 is 1.41 bits per heavy atom. The molecule has 0 aliphatic carbocycles. The van der Waals surface area contributed by atoms with Gasteiger partial charge in [0.05, 0.1) is 5.92 Å². The second-order valence-corrected chi connectivity index (χ2v) is 13.6. The number of nitrogens with two attached hydrogens (primary N) is 2. The Hall–Kier alpha value is -4.45. The molecule has 3 rings (SSSR count). The van der Waals surface area contributed by atoms with E-state index >= 15 is 0 Å². The number of likely N-dealkylation sites (tertiary alicyclic amines) is 1. The van der Waals surface area contributed by atoms with Crippen molar-refractivity contribution in [2.75, 3.05) is 25.4 Å². The zero-order chi connectivity index (χ0) is 35.9. The Bertz CT molecular complexity index is 1390. The molecule has 0 aromatic heterocycles. The molecule has 0 radical (unpaired) electrons. The summed E-state index contributed by atoms with van der Waals surface area (Å²) in [4.78, 5) is 67.8. The summed E-state index contributed by atoms with van der Waals surface area (Å²) < 4.78 is 0. The third kappa shape index (κ3) is 12.8. The maximum Gasteiger partial charge on any atom is 0.306 e. The summed E-state index contributed by atoms with van der Waals surface area (Å²) in [6.45, 7) is 6.69. The molecule has 1 aliphatic heterocycles. The van der Waals surface area contributed by atoms with Gasteiger partial charge in [-0.2, -0.15) is 0 Å². The third-order valence-corrected chi connectivity index (χ3v) is 8.91. The highest BCUT2D eigenvalue weighted by atomic mass is 16.4. The highest BCUT2D eigenvalue weighted by Crippen LogP contribution is 2.19. The Morgan fingerprint density at radius 1 is 0.796 bits per heavy atom. The average molecular weight is 679 g/mol. The fourth-order valence-corrected chi connectivity index (χ4v) is 6.10. The fraction of sp³-hybridized carbons (Fsp3) is 0.541. The zero-order valence-corrected chi connectivity index (χ0v) is 29.0. The number of nitrogens with one attached hydrogen (secondary N) is 3. The van der Waals surface area contributed by atoms with Crippen molar-refractivity contribution in [3.8, 4) is 0 Å². The van der Waals surface area contributed by atoms with Crippen LogP contribution in [0, 0.1) is 17.8 Å². The fourth-order valence-electron chi connectivity index (χ4n) is 6.10. The number of carbonyl (C=O) groups excluding carboxylic acids is 4. The van der Waals surface area contributed by atoms with Crippen molar-refractivity contribution >= 4 is 35.3 Å². The summed E-state index contributed by atoms with van der Waals surface area (Å²) in [6.07, 6.45) is 3.30. The van der Waals surface area contributed by atoms with E-state index in [0.29, 0.717) is 70.3 Å². The molecule has 4 amide bonds. The molecular formula is C37H54N6O6. The summed E-state index contributed by atoms with van der Waals surface area (Å²) in [5.41, 5.74) is 14.0. The molecule has 1 aliphatic rings. The van der Waals surface area contributed by atoms with Gasteiger partial charge >= 0.3 is 5.97 Å². The van der Waals surface area contributed by atoms with Crippen LogP contribution < -0.4 is 27.4 Å². The number of nitrogens with zero attached hydrogens (tertiary/aromatic N) is 1. The van der Waals surface area contributed by atoms with Crippen LogP contribution in [0.1, 0.15) is 70.4 Å². The second-order valence-electron chi connectivity index (χ2n) is 13.6. The number of hydrogen-bond acceptors (Lipinski definition) is 7. The first-order valence-electron chi connectivity index (χ1n) is 17.4. The summed E-state index contributed by atoms with van der Waals surface area (Å²) in [5.74, 6) is -3.37. The van der Waals surface area contributed by atoms with Crippen molar-refractivity contribution in [2.24, 2.45) is 23.5 Å². The average Bonchev–Trinajstić information content (AvgIpc) is 3.07. The number of carboxylic acids is 1. The van der Waals surface area contributed by atoms with Gasteiger partial charge in [-0.3, -0.25) is 24.0 Å². The number of aliphatic carboxylic acids is 1. The second kappa shape index (κ2) is 19.5. The molecular weight excluding hydrogens is 624 g/mol. The van der Waals surface area contributed by atoms with Gasteiger partial charge in [-0.1, -0.05) is 63.2 Å². The van der Waals surface area contributed by atoms with Crippen molar-refractivity contribution in [1.82, 2.24) is 20.9 Å². The molecule has 1 fully saturated rings. The van der Waals surface area contributed by atoms with Crippen LogP contribution in [0.2, 0.25) is 0 Å². The van der Waals surface area contributed by atoms with Gasteiger partial charge in [0.1, 0.15) is 18.1 Å². The Kier molecular flexibility index (Phi) is 15.5. The van der Waals surface area contributed by atoms with Crippen LogP contribution in [0.3, 0.4) is 0 Å². The summed E-state index contributed by atoms with van der Waals surface area (Å²) >= 11 is 0. The van der Waals surface area contributed by atoms with Crippen LogP contribution in [-0.4, -0.2) is 77.4 Å². The lowest BCUT2D eigenvalue weighted by Gasteiger charge is -2.34. The number of carboxylic acid groups (broad SMARTS) is 1. The number of unbranched alkanes of at least 4 members (excludes halogenated alkanes) is 1. The lowest BCUT2D eigenvalue weighted by molar-refractivity contribution is -0.146. The lowest BCUT2D eigenvalue weighted by atomic mass is 9.96. The number of hydrogen-bond donors (Lipinski definition) is 6. The number of piperidine rings is 1. The van der Waals surface area contributed by atoms with Gasteiger partial charge in [0.25, 0.3) is 0 Å². The normalized spacial score (nSPS) is 15.9. The van der Waals surface area contributed by atoms with Crippen LogP contribution in [0.25, 0.3) is 0 Å². The van der Waals surface area contributed by atoms with Crippen molar-refractivity contribution in [1.29, 1.82) is 0 Å². The SMILES string of the molecule is CC(C)CC(NC(=O)C(Cc1ccccc1)NC(=O)C(C)Cc1cccc(N)c1)C(=O)NC(CCCCN)C(=O)N1CCC(C(=O)O)CC1. The van der Waals surface area contributed by atoms with Crippen LogP contribution in [0.15, 0.2) is 54.6 Å². The summed E-state index contributed by atoms with van der Waals surface area (Å²) in [6, 6.07) is 13.9. The molecule has 8 N–H and O–H groups in total. The van der Waals surface area contributed by atoms with Crippen LogP contribution >= 0.6 is 0 Å². The Labute approximate surface area is 289 Å². The van der Waals surface area contributed by atoms with E-state index in [1.165, 1.54) is 0 Å². The standard InChI is InChI=1S/C37H54N6O6/c1-24(2)20-31(34(45)40-30(14-7-8-17-38)36(47)43-18-15-28(16-19-43)37(48)49)42-35(46)32(23-26-10-5-4-6-11-26)41-33(44)25(3)21-27-12-9-13-29(39)22-27/h4-6,9-13,22,24-25,28,30-32H,7-8,14-21,23,38-39H2,1-3H3,(H,40,45)(H,41,44)(H,42,46)(H,48,49). The van der Waals surface area contributed by atoms with E-state index in [2.05, 4.69) is 16.0 Å². The highest BCUT2D eigenvalue weighted by molar-refractivity contribution is 5.94. The van der Waals surface area contributed by atoms with E-state index < -0.39 is 47.7 Å². The van der Waals surface area contributed by atoms with Gasteiger partial charge in [-0.25, -0.2) is 0 Å². The molecule has 1 saturated heterocycles. The molecule has 4 atom stereocenters. The van der Waals surface area contributed by atoms with Crippen LogP contribution in [0.4, 0.5) is 5.69 Å².